The van der Waals surface area contributed by atoms with E-state index in [9.17, 15) is 8.78 Å². The molecule has 1 aliphatic heterocycles. The van der Waals surface area contributed by atoms with E-state index in [0.29, 0.717) is 23.1 Å². The largest absolute Gasteiger partial charge is 0.396 e. The molecule has 1 fully saturated rings. The lowest BCUT2D eigenvalue weighted by Gasteiger charge is -2.40. The number of anilines is 1. The summed E-state index contributed by atoms with van der Waals surface area (Å²) in [7, 11) is 0. The molecule has 0 amide bonds. The van der Waals surface area contributed by atoms with Gasteiger partial charge in [0.1, 0.15) is 0 Å². The summed E-state index contributed by atoms with van der Waals surface area (Å²) >= 11 is 12.1. The van der Waals surface area contributed by atoms with E-state index in [1.165, 1.54) is 0 Å². The molecule has 2 rings (SSSR count). The topological polar surface area (TPSA) is 26.7 Å². The van der Waals surface area contributed by atoms with Crippen molar-refractivity contribution in [1.82, 2.24) is 4.90 Å². The Kier molecular flexibility index (Phi) is 5.66. The van der Waals surface area contributed by atoms with E-state index in [-0.39, 0.29) is 32.5 Å². The van der Waals surface area contributed by atoms with Crippen molar-refractivity contribution in [2.24, 2.45) is 0 Å². The molecule has 0 bridgehead atoms. The van der Waals surface area contributed by atoms with Crippen molar-refractivity contribution in [2.75, 3.05) is 37.7 Å². The highest BCUT2D eigenvalue weighted by Crippen LogP contribution is 2.34. The number of nitrogens with zero attached hydrogens (tertiary/aromatic N) is 2. The average Bonchev–Trinajstić information content (AvgIpc) is 2.48. The van der Waals surface area contributed by atoms with Crippen molar-refractivity contribution >= 4 is 28.9 Å². The predicted octanol–water partition coefficient (Wildman–Crippen LogP) is 3.48. The molecule has 0 unspecified atom stereocenters. The van der Waals surface area contributed by atoms with Gasteiger partial charge in [0.25, 0.3) is 0 Å². The molecular formula is C14H18Cl2F2N2O. The molecule has 1 aromatic rings. The lowest BCUT2D eigenvalue weighted by atomic mass is 10.2. The Hall–Kier alpha value is -0.620. The normalized spacial score (nSPS) is 17.3. The summed E-state index contributed by atoms with van der Waals surface area (Å²) in [6, 6.07) is 2.47. The van der Waals surface area contributed by atoms with Crippen molar-refractivity contribution in [3.05, 3.63) is 28.2 Å². The molecule has 7 heteroatoms. The smallest absolute Gasteiger partial charge is 0.305 e. The quantitative estimate of drug-likeness (QED) is 0.832. The van der Waals surface area contributed by atoms with Crippen LogP contribution in [0.1, 0.15) is 12.8 Å². The van der Waals surface area contributed by atoms with Gasteiger partial charge in [-0.3, -0.25) is 0 Å². The Balaban J connectivity index is 1.98. The fourth-order valence-corrected chi connectivity index (χ4v) is 2.88. The molecule has 0 aromatic heterocycles. The molecule has 1 aliphatic rings. The zero-order valence-corrected chi connectivity index (χ0v) is 13.0. The van der Waals surface area contributed by atoms with Gasteiger partial charge in [-0.1, -0.05) is 29.3 Å². The minimum Gasteiger partial charge on any atom is -0.396 e. The first-order valence-electron chi connectivity index (χ1n) is 6.88. The maximum absolute atomic E-state index is 13.9. The summed E-state index contributed by atoms with van der Waals surface area (Å²) in [5.41, 5.74) is 0.780. The highest BCUT2D eigenvalue weighted by Gasteiger charge is 2.38. The number of hydrogen-bond acceptors (Lipinski definition) is 3. The van der Waals surface area contributed by atoms with Crippen LogP contribution in [0.15, 0.2) is 18.2 Å². The molecule has 0 atom stereocenters. The second-order valence-corrected chi connectivity index (χ2v) is 5.83. The Labute approximate surface area is 133 Å². The van der Waals surface area contributed by atoms with Gasteiger partial charge in [-0.2, -0.15) is 8.78 Å². The van der Waals surface area contributed by atoms with Crippen LogP contribution in [0.5, 0.6) is 0 Å². The van der Waals surface area contributed by atoms with Gasteiger partial charge in [-0.25, -0.2) is 4.90 Å². The minimum absolute atomic E-state index is 0.104. The molecule has 1 heterocycles. The van der Waals surface area contributed by atoms with Gasteiger partial charge in [-0.05, 0) is 18.6 Å². The van der Waals surface area contributed by atoms with Crippen LogP contribution >= 0.6 is 23.2 Å². The van der Waals surface area contributed by atoms with E-state index < -0.39 is 6.05 Å². The summed E-state index contributed by atoms with van der Waals surface area (Å²) in [4.78, 5) is 3.13. The van der Waals surface area contributed by atoms with E-state index in [1.807, 2.05) is 11.0 Å². The Morgan fingerprint density at radius 1 is 1.14 bits per heavy atom. The van der Waals surface area contributed by atoms with Crippen molar-refractivity contribution in [2.45, 2.75) is 18.9 Å². The summed E-state index contributed by atoms with van der Waals surface area (Å²) in [5.74, 6) is 0. The second kappa shape index (κ2) is 7.09. The first-order valence-corrected chi connectivity index (χ1v) is 7.64. The highest BCUT2D eigenvalue weighted by atomic mass is 35.5. The summed E-state index contributed by atoms with van der Waals surface area (Å²) in [6.07, 6.45) is -0.214. The van der Waals surface area contributed by atoms with Crippen LogP contribution in [0.25, 0.3) is 0 Å². The summed E-state index contributed by atoms with van der Waals surface area (Å²) in [6.45, 7) is 1.22. The van der Waals surface area contributed by atoms with Crippen molar-refractivity contribution in [1.29, 1.82) is 0 Å². The number of aliphatic hydroxyl groups excluding tert-OH is 1. The Morgan fingerprint density at radius 3 is 2.43 bits per heavy atom. The van der Waals surface area contributed by atoms with E-state index in [0.717, 1.165) is 10.6 Å². The SMILES string of the molecule is OCCCC(F)(F)N1CCN(c2cccc(Cl)c2Cl)CC1. The number of piperazine rings is 1. The lowest BCUT2D eigenvalue weighted by Crippen LogP contribution is -2.53. The molecule has 1 aromatic carbocycles. The Bertz CT molecular complexity index is 480. The van der Waals surface area contributed by atoms with Gasteiger partial charge >= 0.3 is 6.05 Å². The molecule has 0 aliphatic carbocycles. The highest BCUT2D eigenvalue weighted by molar-refractivity contribution is 6.43. The average molecular weight is 339 g/mol. The van der Waals surface area contributed by atoms with Crippen molar-refractivity contribution in [3.63, 3.8) is 0 Å². The van der Waals surface area contributed by atoms with Gasteiger partial charge in [0, 0.05) is 39.2 Å². The van der Waals surface area contributed by atoms with E-state index in [1.54, 1.807) is 12.1 Å². The molecule has 1 saturated heterocycles. The third kappa shape index (κ3) is 3.97. The van der Waals surface area contributed by atoms with E-state index >= 15 is 0 Å². The van der Waals surface area contributed by atoms with Crippen LogP contribution in [0, 0.1) is 0 Å². The van der Waals surface area contributed by atoms with Gasteiger partial charge in [0.05, 0.1) is 15.7 Å². The maximum Gasteiger partial charge on any atom is 0.305 e. The van der Waals surface area contributed by atoms with E-state index in [4.69, 9.17) is 28.3 Å². The fourth-order valence-electron chi connectivity index (χ4n) is 2.46. The molecule has 0 saturated carbocycles. The van der Waals surface area contributed by atoms with Gasteiger partial charge in [0.15, 0.2) is 0 Å². The number of halogens is 4. The zero-order chi connectivity index (χ0) is 15.5. The molecule has 1 N–H and O–H groups in total. The lowest BCUT2D eigenvalue weighted by molar-refractivity contribution is -0.155. The van der Waals surface area contributed by atoms with Crippen molar-refractivity contribution in [3.8, 4) is 0 Å². The molecular weight excluding hydrogens is 321 g/mol. The summed E-state index contributed by atoms with van der Waals surface area (Å²) < 4.78 is 27.8. The van der Waals surface area contributed by atoms with Crippen LogP contribution in [-0.4, -0.2) is 48.8 Å². The van der Waals surface area contributed by atoms with Gasteiger partial charge in [-0.15, -0.1) is 0 Å². The van der Waals surface area contributed by atoms with Crippen LogP contribution in [-0.2, 0) is 0 Å². The Morgan fingerprint density at radius 2 is 1.81 bits per heavy atom. The van der Waals surface area contributed by atoms with Gasteiger partial charge < -0.3 is 10.0 Å². The third-order valence-electron chi connectivity index (χ3n) is 3.65. The van der Waals surface area contributed by atoms with Crippen molar-refractivity contribution < 1.29 is 13.9 Å². The number of aliphatic hydroxyl groups is 1. The molecule has 3 nitrogen and oxygen atoms in total. The predicted molar refractivity (Wildman–Crippen MR) is 81.5 cm³/mol. The van der Waals surface area contributed by atoms with Crippen LogP contribution in [0.2, 0.25) is 10.0 Å². The van der Waals surface area contributed by atoms with Gasteiger partial charge in [0.2, 0.25) is 0 Å². The maximum atomic E-state index is 13.9. The monoisotopic (exact) mass is 338 g/mol. The molecule has 118 valence electrons. The zero-order valence-electron chi connectivity index (χ0n) is 11.5. The third-order valence-corrected chi connectivity index (χ3v) is 4.46. The fraction of sp³-hybridized carbons (Fsp3) is 0.571. The van der Waals surface area contributed by atoms with Crippen LogP contribution in [0.4, 0.5) is 14.5 Å². The van der Waals surface area contributed by atoms with Crippen LogP contribution in [0.3, 0.4) is 0 Å². The first kappa shape index (κ1) is 16.7. The second-order valence-electron chi connectivity index (χ2n) is 5.04. The molecule has 0 spiro atoms. The number of hydrogen-bond donors (Lipinski definition) is 1. The van der Waals surface area contributed by atoms with E-state index in [2.05, 4.69) is 0 Å². The summed E-state index contributed by atoms with van der Waals surface area (Å²) in [5, 5.41) is 9.61. The number of alkyl halides is 2. The standard InChI is InChI=1S/C14H18Cl2F2N2O/c15-11-3-1-4-12(13(11)16)19-6-8-20(9-7-19)14(17,18)5-2-10-21/h1,3-4,21H,2,5-10H2. The minimum atomic E-state index is -2.87. The molecule has 21 heavy (non-hydrogen) atoms. The first-order chi connectivity index (χ1) is 9.95. The number of benzene rings is 1. The number of rotatable bonds is 5. The van der Waals surface area contributed by atoms with Crippen LogP contribution < -0.4 is 4.90 Å². The molecule has 0 radical (unpaired) electrons.